The number of likely N-dealkylation sites (N-methyl/N-ethyl adjacent to an activating group) is 1. The average molecular weight is 452 g/mol. The highest BCUT2D eigenvalue weighted by molar-refractivity contribution is 7.98. The Kier molecular flexibility index (Phi) is 11.2. The molecule has 1 rings (SSSR count). The lowest BCUT2D eigenvalue weighted by molar-refractivity contribution is -0.250. The number of Topliss-reactive ketones (excluding diaryl/α,β-unsaturated/α-hetero) is 1. The standard InChI is InChI=1S/C17H28N2O10S/c1-18-9(10(20)3-8(7-30-2)16(24)25)5-19-12(22)6-28-13-4-11(21)14(23)15(29-13)17(26)27/h8-9,11,13-15,18,21,23H,3-7H2,1-2H3,(H,19,22)(H,24,25)(H,26,27)/t8-,9+,11-,13?,14?,15?/m1/s1. The molecule has 0 bridgehead atoms. The third-order valence-corrected chi connectivity index (χ3v) is 5.22. The minimum absolute atomic E-state index is 0.103. The van der Waals surface area contributed by atoms with Gasteiger partial charge in [0.15, 0.2) is 18.2 Å². The van der Waals surface area contributed by atoms with Crippen molar-refractivity contribution in [2.45, 2.75) is 43.5 Å². The number of ether oxygens (including phenoxy) is 2. The Labute approximate surface area is 177 Å². The maximum absolute atomic E-state index is 12.3. The third kappa shape index (κ3) is 8.16. The molecule has 1 heterocycles. The summed E-state index contributed by atoms with van der Waals surface area (Å²) in [5.41, 5.74) is 0. The molecular weight excluding hydrogens is 424 g/mol. The number of carboxylic acid groups (broad SMARTS) is 2. The van der Waals surface area contributed by atoms with Gasteiger partial charge in [0.05, 0.1) is 18.1 Å². The number of aliphatic hydroxyl groups is 2. The first-order chi connectivity index (χ1) is 14.1. The van der Waals surface area contributed by atoms with E-state index in [1.54, 1.807) is 6.26 Å². The topological polar surface area (TPSA) is 192 Å². The van der Waals surface area contributed by atoms with Gasteiger partial charge in [-0.1, -0.05) is 0 Å². The van der Waals surface area contributed by atoms with E-state index in [2.05, 4.69) is 10.6 Å². The molecule has 1 fully saturated rings. The fourth-order valence-corrected chi connectivity index (χ4v) is 3.43. The summed E-state index contributed by atoms with van der Waals surface area (Å²) in [5, 5.41) is 42.6. The number of hydrogen-bond donors (Lipinski definition) is 6. The lowest BCUT2D eigenvalue weighted by atomic mass is 10.00. The van der Waals surface area contributed by atoms with E-state index < -0.39 is 61.0 Å². The van der Waals surface area contributed by atoms with Crippen molar-refractivity contribution in [3.8, 4) is 0 Å². The zero-order chi connectivity index (χ0) is 22.8. The lowest BCUT2D eigenvalue weighted by Gasteiger charge is -2.34. The predicted octanol–water partition coefficient (Wildman–Crippen LogP) is -2.35. The Morgan fingerprint density at radius 2 is 1.90 bits per heavy atom. The number of ketones is 1. The van der Waals surface area contributed by atoms with Crippen molar-refractivity contribution in [3.05, 3.63) is 0 Å². The summed E-state index contributed by atoms with van der Waals surface area (Å²) >= 11 is 1.32. The van der Waals surface area contributed by atoms with Crippen molar-refractivity contribution >= 4 is 35.4 Å². The molecule has 0 aromatic carbocycles. The van der Waals surface area contributed by atoms with Gasteiger partial charge >= 0.3 is 11.9 Å². The number of amides is 1. The maximum Gasteiger partial charge on any atom is 0.335 e. The summed E-state index contributed by atoms with van der Waals surface area (Å²) in [7, 11) is 1.50. The van der Waals surface area contributed by atoms with E-state index in [4.69, 9.17) is 19.7 Å². The smallest absolute Gasteiger partial charge is 0.335 e. The summed E-state index contributed by atoms with van der Waals surface area (Å²) in [5.74, 6) is -4.07. The fourth-order valence-electron chi connectivity index (χ4n) is 2.77. The zero-order valence-corrected chi connectivity index (χ0v) is 17.5. The van der Waals surface area contributed by atoms with Crippen LogP contribution in [0.5, 0.6) is 0 Å². The minimum atomic E-state index is -1.68. The molecule has 172 valence electrons. The van der Waals surface area contributed by atoms with Crippen molar-refractivity contribution < 1.29 is 49.1 Å². The van der Waals surface area contributed by atoms with E-state index in [9.17, 15) is 29.4 Å². The largest absolute Gasteiger partial charge is 0.481 e. The first-order valence-electron chi connectivity index (χ1n) is 9.15. The van der Waals surface area contributed by atoms with Crippen LogP contribution >= 0.6 is 11.8 Å². The van der Waals surface area contributed by atoms with Crippen LogP contribution in [0.2, 0.25) is 0 Å². The van der Waals surface area contributed by atoms with Crippen LogP contribution in [-0.2, 0) is 28.7 Å². The summed E-state index contributed by atoms with van der Waals surface area (Å²) in [4.78, 5) is 46.5. The van der Waals surface area contributed by atoms with Crippen LogP contribution in [-0.4, -0.2) is 107 Å². The van der Waals surface area contributed by atoms with E-state index in [0.717, 1.165) is 0 Å². The van der Waals surface area contributed by atoms with Crippen LogP contribution < -0.4 is 10.6 Å². The van der Waals surface area contributed by atoms with Gasteiger partial charge in [-0.15, -0.1) is 0 Å². The lowest BCUT2D eigenvalue weighted by Crippen LogP contribution is -2.53. The fraction of sp³-hybridized carbons (Fsp3) is 0.765. The van der Waals surface area contributed by atoms with Crippen molar-refractivity contribution in [1.82, 2.24) is 10.6 Å². The molecule has 1 amide bonds. The number of carboxylic acids is 2. The van der Waals surface area contributed by atoms with Crippen molar-refractivity contribution in [2.24, 2.45) is 5.92 Å². The number of aliphatic hydroxyl groups excluding tert-OH is 2. The van der Waals surface area contributed by atoms with E-state index in [1.807, 2.05) is 0 Å². The van der Waals surface area contributed by atoms with Crippen molar-refractivity contribution in [2.75, 3.05) is 32.2 Å². The minimum Gasteiger partial charge on any atom is -0.481 e. The van der Waals surface area contributed by atoms with Crippen LogP contribution in [0.1, 0.15) is 12.8 Å². The highest BCUT2D eigenvalue weighted by Crippen LogP contribution is 2.21. The Bertz CT molecular complexity index is 619. The number of carbonyl (C=O) groups excluding carboxylic acids is 2. The van der Waals surface area contributed by atoms with E-state index >= 15 is 0 Å². The molecular formula is C17H28N2O10S. The van der Waals surface area contributed by atoms with Gasteiger partial charge in [0.1, 0.15) is 12.7 Å². The molecule has 13 heteroatoms. The van der Waals surface area contributed by atoms with Gasteiger partial charge < -0.3 is 40.5 Å². The van der Waals surface area contributed by atoms with Gasteiger partial charge in [0, 0.05) is 25.1 Å². The van der Waals surface area contributed by atoms with Crippen LogP contribution in [0, 0.1) is 5.92 Å². The third-order valence-electron chi connectivity index (χ3n) is 4.49. The maximum atomic E-state index is 12.3. The van der Waals surface area contributed by atoms with E-state index in [1.165, 1.54) is 18.8 Å². The van der Waals surface area contributed by atoms with Crippen molar-refractivity contribution in [1.29, 1.82) is 0 Å². The Balaban J connectivity index is 2.47. The first-order valence-corrected chi connectivity index (χ1v) is 10.5. The number of thioether (sulfide) groups is 1. The molecule has 6 N–H and O–H groups in total. The van der Waals surface area contributed by atoms with Gasteiger partial charge in [-0.25, -0.2) is 4.79 Å². The number of carbonyl (C=O) groups is 4. The number of rotatable bonds is 13. The molecule has 6 atom stereocenters. The average Bonchev–Trinajstić information content (AvgIpc) is 2.68. The Hall–Kier alpha value is -1.77. The zero-order valence-electron chi connectivity index (χ0n) is 16.6. The van der Waals surface area contributed by atoms with Gasteiger partial charge in [-0.3, -0.25) is 14.4 Å². The monoisotopic (exact) mass is 452 g/mol. The van der Waals surface area contributed by atoms with Crippen LogP contribution in [0.3, 0.4) is 0 Å². The molecule has 0 aromatic rings. The Morgan fingerprint density at radius 1 is 1.23 bits per heavy atom. The SMILES string of the molecule is CN[C@@H](CNC(=O)COC1C[C@@H](O)C(O)C(C(=O)O)O1)C(=O)C[C@H](CSC)C(=O)O. The van der Waals surface area contributed by atoms with E-state index in [0.29, 0.717) is 0 Å². The highest BCUT2D eigenvalue weighted by atomic mass is 32.2. The normalized spacial score (nSPS) is 25.9. The second kappa shape index (κ2) is 12.8. The number of nitrogens with one attached hydrogen (secondary N) is 2. The molecule has 0 aliphatic carbocycles. The van der Waals surface area contributed by atoms with Crippen LogP contribution in [0.4, 0.5) is 0 Å². The summed E-state index contributed by atoms with van der Waals surface area (Å²) in [6, 6.07) is -0.794. The van der Waals surface area contributed by atoms with Crippen LogP contribution in [0.25, 0.3) is 0 Å². The first kappa shape index (κ1) is 26.3. The summed E-state index contributed by atoms with van der Waals surface area (Å²) < 4.78 is 10.2. The highest BCUT2D eigenvalue weighted by Gasteiger charge is 2.41. The van der Waals surface area contributed by atoms with Crippen LogP contribution in [0.15, 0.2) is 0 Å². The molecule has 30 heavy (non-hydrogen) atoms. The predicted molar refractivity (Wildman–Crippen MR) is 104 cm³/mol. The molecule has 1 aliphatic heterocycles. The summed E-state index contributed by atoms with van der Waals surface area (Å²) in [6.45, 7) is -0.636. The second-order valence-corrected chi connectivity index (χ2v) is 7.65. The van der Waals surface area contributed by atoms with Crippen molar-refractivity contribution in [3.63, 3.8) is 0 Å². The van der Waals surface area contributed by atoms with Gasteiger partial charge in [-0.2, -0.15) is 11.8 Å². The molecule has 3 unspecified atom stereocenters. The molecule has 0 radical (unpaired) electrons. The molecule has 1 aliphatic rings. The van der Waals surface area contributed by atoms with Gasteiger partial charge in [0.2, 0.25) is 5.91 Å². The molecule has 12 nitrogen and oxygen atoms in total. The Morgan fingerprint density at radius 3 is 2.43 bits per heavy atom. The van der Waals surface area contributed by atoms with E-state index in [-0.39, 0.29) is 30.9 Å². The summed E-state index contributed by atoms with van der Waals surface area (Å²) in [6.07, 6.45) is -4.55. The molecule has 0 saturated carbocycles. The van der Waals surface area contributed by atoms with Gasteiger partial charge in [-0.05, 0) is 13.3 Å². The molecule has 0 aromatic heterocycles. The molecule has 0 spiro atoms. The number of aliphatic carboxylic acids is 2. The number of hydrogen-bond acceptors (Lipinski definition) is 10. The second-order valence-electron chi connectivity index (χ2n) is 6.74. The molecule has 1 saturated heterocycles. The van der Waals surface area contributed by atoms with Gasteiger partial charge in [0.25, 0.3) is 0 Å². The quantitative estimate of drug-likeness (QED) is 0.175.